The molecule has 0 N–H and O–H groups in total. The number of amides is 1. The van der Waals surface area contributed by atoms with E-state index < -0.39 is 0 Å². The molecule has 0 aromatic heterocycles. The second kappa shape index (κ2) is 8.09. The molecule has 1 aromatic carbocycles. The molecular formula is C20H32N4O. The normalized spacial score (nSPS) is 19.6. The maximum absolute atomic E-state index is 12.2. The number of nitrogens with zero attached hydrogens (tertiary/aromatic N) is 4. The molecular weight excluding hydrogens is 312 g/mol. The van der Waals surface area contributed by atoms with Crippen LogP contribution in [0.2, 0.25) is 0 Å². The van der Waals surface area contributed by atoms with Gasteiger partial charge in [-0.2, -0.15) is 0 Å². The van der Waals surface area contributed by atoms with Crippen LogP contribution in [0.15, 0.2) is 24.3 Å². The fourth-order valence-corrected chi connectivity index (χ4v) is 3.63. The van der Waals surface area contributed by atoms with E-state index in [1.807, 2.05) is 4.90 Å². The summed E-state index contributed by atoms with van der Waals surface area (Å²) in [6.45, 7) is 12.2. The summed E-state index contributed by atoms with van der Waals surface area (Å²) in [4.78, 5) is 21.5. The number of likely N-dealkylation sites (N-methyl/N-ethyl adjacent to an activating group) is 1. The molecule has 1 amide bonds. The van der Waals surface area contributed by atoms with Crippen LogP contribution >= 0.6 is 0 Å². The number of hydrogen-bond donors (Lipinski definition) is 0. The first kappa shape index (κ1) is 18.1. The first-order valence-corrected chi connectivity index (χ1v) is 9.59. The van der Waals surface area contributed by atoms with Gasteiger partial charge in [0.2, 0.25) is 5.91 Å². The molecule has 2 aliphatic heterocycles. The average Bonchev–Trinajstić information content (AvgIpc) is 2.62. The monoisotopic (exact) mass is 344 g/mol. The number of hydrogen-bond acceptors (Lipinski definition) is 4. The standard InChI is InChI=1S/C20H32N4O/c1-17(2)16-20(25)24-14-12-23(13-15-24)19-6-4-18(5-7-19)22-10-8-21(3)9-11-22/h4-7,17H,8-16H2,1-3H3. The minimum atomic E-state index is 0.306. The van der Waals surface area contributed by atoms with Crippen LogP contribution in [0.25, 0.3) is 0 Å². The van der Waals surface area contributed by atoms with E-state index in [0.717, 1.165) is 52.4 Å². The highest BCUT2D eigenvalue weighted by Crippen LogP contribution is 2.23. The fraction of sp³-hybridized carbons (Fsp3) is 0.650. The second-order valence-corrected chi connectivity index (χ2v) is 7.77. The van der Waals surface area contributed by atoms with E-state index in [9.17, 15) is 4.79 Å². The summed E-state index contributed by atoms with van der Waals surface area (Å²) in [5.41, 5.74) is 2.59. The molecule has 1 aromatic rings. The van der Waals surface area contributed by atoms with Crippen molar-refractivity contribution in [1.82, 2.24) is 9.80 Å². The van der Waals surface area contributed by atoms with E-state index in [-0.39, 0.29) is 0 Å². The molecule has 2 aliphatic rings. The Labute approximate surface area is 152 Å². The minimum absolute atomic E-state index is 0.306. The Morgan fingerprint density at radius 3 is 1.72 bits per heavy atom. The van der Waals surface area contributed by atoms with Crippen LogP contribution in [-0.2, 0) is 4.79 Å². The highest BCUT2D eigenvalue weighted by atomic mass is 16.2. The zero-order chi connectivity index (χ0) is 17.8. The van der Waals surface area contributed by atoms with Gasteiger partial charge in [0.15, 0.2) is 0 Å². The topological polar surface area (TPSA) is 30.0 Å². The predicted octanol–water partition coefficient (Wildman–Crippen LogP) is 2.13. The Bertz CT molecular complexity index is 556. The zero-order valence-electron chi connectivity index (χ0n) is 15.9. The van der Waals surface area contributed by atoms with E-state index in [1.54, 1.807) is 0 Å². The average molecular weight is 345 g/mol. The van der Waals surface area contributed by atoms with Gasteiger partial charge in [-0.3, -0.25) is 4.79 Å². The number of carbonyl (C=O) groups excluding carboxylic acids is 1. The first-order chi connectivity index (χ1) is 12.0. The maximum Gasteiger partial charge on any atom is 0.222 e. The highest BCUT2D eigenvalue weighted by molar-refractivity contribution is 5.76. The van der Waals surface area contributed by atoms with Crippen LogP contribution in [0.4, 0.5) is 11.4 Å². The van der Waals surface area contributed by atoms with E-state index in [1.165, 1.54) is 11.4 Å². The van der Waals surface area contributed by atoms with Crippen LogP contribution in [-0.4, -0.2) is 75.1 Å². The molecule has 0 radical (unpaired) electrons. The molecule has 0 bridgehead atoms. The maximum atomic E-state index is 12.2. The molecule has 0 atom stereocenters. The Hall–Kier alpha value is -1.75. The van der Waals surface area contributed by atoms with Crippen LogP contribution in [0.1, 0.15) is 20.3 Å². The van der Waals surface area contributed by atoms with Crippen LogP contribution in [0, 0.1) is 5.92 Å². The number of rotatable bonds is 4. The van der Waals surface area contributed by atoms with Crippen LogP contribution in [0.5, 0.6) is 0 Å². The number of carbonyl (C=O) groups is 1. The summed E-state index contributed by atoms with van der Waals surface area (Å²) < 4.78 is 0. The summed E-state index contributed by atoms with van der Waals surface area (Å²) in [6.07, 6.45) is 0.666. The van der Waals surface area contributed by atoms with Gasteiger partial charge in [0, 0.05) is 70.2 Å². The lowest BCUT2D eigenvalue weighted by Gasteiger charge is -2.37. The highest BCUT2D eigenvalue weighted by Gasteiger charge is 2.22. The molecule has 0 saturated carbocycles. The molecule has 0 unspecified atom stereocenters. The lowest BCUT2D eigenvalue weighted by molar-refractivity contribution is -0.132. The third kappa shape index (κ3) is 4.66. The van der Waals surface area contributed by atoms with Crippen molar-refractivity contribution in [3.63, 3.8) is 0 Å². The fourth-order valence-electron chi connectivity index (χ4n) is 3.63. The molecule has 138 valence electrons. The van der Waals surface area contributed by atoms with Gasteiger partial charge >= 0.3 is 0 Å². The lowest BCUT2D eigenvalue weighted by atomic mass is 10.1. The molecule has 3 rings (SSSR count). The van der Waals surface area contributed by atoms with Gasteiger partial charge in [0.05, 0.1) is 0 Å². The molecule has 2 heterocycles. The number of anilines is 2. The second-order valence-electron chi connectivity index (χ2n) is 7.77. The predicted molar refractivity (Wildman–Crippen MR) is 104 cm³/mol. The third-order valence-electron chi connectivity index (χ3n) is 5.30. The smallest absolute Gasteiger partial charge is 0.222 e. The van der Waals surface area contributed by atoms with Crippen molar-refractivity contribution in [1.29, 1.82) is 0 Å². The lowest BCUT2D eigenvalue weighted by Crippen LogP contribution is -2.49. The van der Waals surface area contributed by atoms with Crippen molar-refractivity contribution in [2.45, 2.75) is 20.3 Å². The molecule has 0 aliphatic carbocycles. The summed E-state index contributed by atoms with van der Waals surface area (Å²) in [6, 6.07) is 8.96. The molecule has 5 nitrogen and oxygen atoms in total. The van der Waals surface area contributed by atoms with Gasteiger partial charge in [0.25, 0.3) is 0 Å². The molecule has 5 heteroatoms. The van der Waals surface area contributed by atoms with E-state index >= 15 is 0 Å². The van der Waals surface area contributed by atoms with Crippen molar-refractivity contribution in [3.8, 4) is 0 Å². The number of benzene rings is 1. The molecule has 0 spiro atoms. The Morgan fingerprint density at radius 2 is 1.28 bits per heavy atom. The minimum Gasteiger partial charge on any atom is -0.369 e. The van der Waals surface area contributed by atoms with Crippen molar-refractivity contribution in [2.75, 3.05) is 69.2 Å². The SMILES string of the molecule is CC(C)CC(=O)N1CCN(c2ccc(N3CCN(C)CC3)cc2)CC1. The summed E-state index contributed by atoms with van der Waals surface area (Å²) in [5, 5.41) is 0. The largest absolute Gasteiger partial charge is 0.369 e. The van der Waals surface area contributed by atoms with Crippen molar-refractivity contribution >= 4 is 17.3 Å². The Kier molecular flexibility index (Phi) is 5.84. The zero-order valence-corrected chi connectivity index (χ0v) is 15.9. The van der Waals surface area contributed by atoms with Crippen molar-refractivity contribution in [2.24, 2.45) is 5.92 Å². The summed E-state index contributed by atoms with van der Waals surface area (Å²) in [5.74, 6) is 0.743. The van der Waals surface area contributed by atoms with Gasteiger partial charge in [0.1, 0.15) is 0 Å². The van der Waals surface area contributed by atoms with Crippen molar-refractivity contribution < 1.29 is 4.79 Å². The number of piperazine rings is 2. The molecule has 2 saturated heterocycles. The van der Waals surface area contributed by atoms with Crippen LogP contribution in [0.3, 0.4) is 0 Å². The Morgan fingerprint density at radius 1 is 0.840 bits per heavy atom. The first-order valence-electron chi connectivity index (χ1n) is 9.59. The van der Waals surface area contributed by atoms with Crippen LogP contribution < -0.4 is 9.80 Å². The van der Waals surface area contributed by atoms with Gasteiger partial charge in [-0.15, -0.1) is 0 Å². The quantitative estimate of drug-likeness (QED) is 0.837. The van der Waals surface area contributed by atoms with Gasteiger partial charge in [-0.1, -0.05) is 13.8 Å². The van der Waals surface area contributed by atoms with Gasteiger partial charge in [-0.05, 0) is 37.2 Å². The summed E-state index contributed by atoms with van der Waals surface area (Å²) in [7, 11) is 2.19. The van der Waals surface area contributed by atoms with Gasteiger partial charge in [-0.25, -0.2) is 0 Å². The van der Waals surface area contributed by atoms with Crippen molar-refractivity contribution in [3.05, 3.63) is 24.3 Å². The Balaban J connectivity index is 1.53. The van der Waals surface area contributed by atoms with E-state index in [4.69, 9.17) is 0 Å². The van der Waals surface area contributed by atoms with Gasteiger partial charge < -0.3 is 19.6 Å². The molecule has 2 fully saturated rings. The molecule has 25 heavy (non-hydrogen) atoms. The van der Waals surface area contributed by atoms with E-state index in [2.05, 4.69) is 59.9 Å². The summed E-state index contributed by atoms with van der Waals surface area (Å²) >= 11 is 0. The third-order valence-corrected chi connectivity index (χ3v) is 5.30. The van der Waals surface area contributed by atoms with E-state index in [0.29, 0.717) is 18.2 Å².